The Labute approximate surface area is 119 Å². The van der Waals surface area contributed by atoms with Gasteiger partial charge in [0.2, 0.25) is 0 Å². The fourth-order valence-corrected chi connectivity index (χ4v) is 3.21. The number of rotatable bonds is 3. The summed E-state index contributed by atoms with van der Waals surface area (Å²) in [7, 11) is 0. The summed E-state index contributed by atoms with van der Waals surface area (Å²) in [5, 5.41) is 0. The highest BCUT2D eigenvalue weighted by atomic mass is 79.9. The molecule has 19 heavy (non-hydrogen) atoms. The predicted octanol–water partition coefficient (Wildman–Crippen LogP) is 3.48. The maximum atomic E-state index is 13.0. The number of nitrogens with one attached hydrogen (secondary N) is 1. The molecule has 0 radical (unpaired) electrons. The van der Waals surface area contributed by atoms with Gasteiger partial charge in [-0.05, 0) is 34.1 Å². The molecule has 0 saturated carbocycles. The second kappa shape index (κ2) is 5.58. The molecular weight excluding hydrogens is 343 g/mol. The van der Waals surface area contributed by atoms with E-state index < -0.39 is 17.8 Å². The van der Waals surface area contributed by atoms with Crippen molar-refractivity contribution in [2.45, 2.75) is 12.2 Å². The Kier molecular flexibility index (Phi) is 4.24. The van der Waals surface area contributed by atoms with Crippen LogP contribution in [0.1, 0.15) is 22.0 Å². The lowest BCUT2D eigenvalue weighted by Gasteiger charge is -2.19. The van der Waals surface area contributed by atoms with Crippen LogP contribution in [0.5, 0.6) is 0 Å². The summed E-state index contributed by atoms with van der Waals surface area (Å²) in [5.74, 6) is 5.40. The SMILES string of the molecule is NNC(c1ccc(Br)s1)c1cnccc1C(F)(F)F. The molecule has 8 heteroatoms. The number of hydrogen-bond acceptors (Lipinski definition) is 4. The van der Waals surface area contributed by atoms with E-state index in [1.807, 2.05) is 0 Å². The van der Waals surface area contributed by atoms with Crippen molar-refractivity contribution in [3.63, 3.8) is 0 Å². The number of nitrogens with two attached hydrogens (primary N) is 1. The number of halogens is 4. The van der Waals surface area contributed by atoms with Gasteiger partial charge in [-0.3, -0.25) is 10.8 Å². The molecule has 0 bridgehead atoms. The Morgan fingerprint density at radius 1 is 1.32 bits per heavy atom. The Hall–Kier alpha value is -0.960. The van der Waals surface area contributed by atoms with Gasteiger partial charge < -0.3 is 0 Å². The van der Waals surface area contributed by atoms with Crippen LogP contribution in [0.25, 0.3) is 0 Å². The zero-order chi connectivity index (χ0) is 14.0. The van der Waals surface area contributed by atoms with Crippen LogP contribution < -0.4 is 11.3 Å². The van der Waals surface area contributed by atoms with E-state index in [1.54, 1.807) is 12.1 Å². The number of alkyl halides is 3. The number of hydrazine groups is 1. The normalized spacial score (nSPS) is 13.5. The predicted molar refractivity (Wildman–Crippen MR) is 70.4 cm³/mol. The van der Waals surface area contributed by atoms with Gasteiger partial charge in [0, 0.05) is 22.8 Å². The van der Waals surface area contributed by atoms with Crippen molar-refractivity contribution in [2.75, 3.05) is 0 Å². The Balaban J connectivity index is 2.50. The van der Waals surface area contributed by atoms with Crippen LogP contribution in [-0.4, -0.2) is 4.98 Å². The smallest absolute Gasteiger partial charge is 0.271 e. The summed E-state index contributed by atoms with van der Waals surface area (Å²) >= 11 is 4.59. The molecule has 0 aromatic carbocycles. The third-order valence-electron chi connectivity index (χ3n) is 2.51. The number of hydrogen-bond donors (Lipinski definition) is 2. The highest BCUT2D eigenvalue weighted by molar-refractivity contribution is 9.11. The van der Waals surface area contributed by atoms with E-state index in [0.717, 1.165) is 16.0 Å². The monoisotopic (exact) mass is 351 g/mol. The van der Waals surface area contributed by atoms with Crippen molar-refractivity contribution < 1.29 is 13.2 Å². The molecule has 2 aromatic rings. The maximum absolute atomic E-state index is 13.0. The largest absolute Gasteiger partial charge is 0.416 e. The molecule has 3 nitrogen and oxygen atoms in total. The van der Waals surface area contributed by atoms with Crippen LogP contribution in [0.3, 0.4) is 0 Å². The van der Waals surface area contributed by atoms with Gasteiger partial charge in [0.25, 0.3) is 0 Å². The molecule has 0 amide bonds. The summed E-state index contributed by atoms with van der Waals surface area (Å²) in [4.78, 5) is 4.43. The van der Waals surface area contributed by atoms with E-state index >= 15 is 0 Å². The Morgan fingerprint density at radius 2 is 2.05 bits per heavy atom. The van der Waals surface area contributed by atoms with Gasteiger partial charge in [-0.25, -0.2) is 5.43 Å². The summed E-state index contributed by atoms with van der Waals surface area (Å²) in [6.07, 6.45) is -2.15. The second-order valence-corrected chi connectivity index (χ2v) is 6.20. The number of nitrogens with zero attached hydrogens (tertiary/aromatic N) is 1. The maximum Gasteiger partial charge on any atom is 0.416 e. The molecule has 0 aliphatic heterocycles. The molecule has 3 N–H and O–H groups in total. The molecule has 1 unspecified atom stereocenters. The lowest BCUT2D eigenvalue weighted by atomic mass is 10.0. The lowest BCUT2D eigenvalue weighted by molar-refractivity contribution is -0.138. The van der Waals surface area contributed by atoms with Crippen LogP contribution in [0.4, 0.5) is 13.2 Å². The minimum atomic E-state index is -4.44. The van der Waals surface area contributed by atoms with Gasteiger partial charge in [0.05, 0.1) is 15.4 Å². The van der Waals surface area contributed by atoms with Crippen LogP contribution in [0.2, 0.25) is 0 Å². The fraction of sp³-hybridized carbons (Fsp3) is 0.182. The molecule has 0 spiro atoms. The summed E-state index contributed by atoms with van der Waals surface area (Å²) in [5.41, 5.74) is 1.68. The van der Waals surface area contributed by atoms with Crippen molar-refractivity contribution in [3.8, 4) is 0 Å². The van der Waals surface area contributed by atoms with E-state index in [-0.39, 0.29) is 5.56 Å². The summed E-state index contributed by atoms with van der Waals surface area (Å²) < 4.78 is 39.7. The van der Waals surface area contributed by atoms with Gasteiger partial charge in [0.1, 0.15) is 0 Å². The Morgan fingerprint density at radius 3 is 2.58 bits per heavy atom. The van der Waals surface area contributed by atoms with Crippen molar-refractivity contribution in [1.29, 1.82) is 0 Å². The third-order valence-corrected chi connectivity index (χ3v) is 4.20. The molecule has 0 aliphatic rings. The van der Waals surface area contributed by atoms with Crippen molar-refractivity contribution >= 4 is 27.3 Å². The van der Waals surface area contributed by atoms with Crippen molar-refractivity contribution in [3.05, 3.63) is 50.4 Å². The van der Waals surface area contributed by atoms with Gasteiger partial charge in [-0.1, -0.05) is 0 Å². The molecule has 0 aliphatic carbocycles. The molecule has 1 atom stereocenters. The summed E-state index contributed by atoms with van der Waals surface area (Å²) in [6, 6.07) is 3.67. The Bertz CT molecular complexity index is 570. The van der Waals surface area contributed by atoms with Crippen LogP contribution in [-0.2, 0) is 6.18 Å². The third kappa shape index (κ3) is 3.14. The van der Waals surface area contributed by atoms with E-state index in [9.17, 15) is 13.2 Å². The van der Waals surface area contributed by atoms with Crippen molar-refractivity contribution in [2.24, 2.45) is 5.84 Å². The van der Waals surface area contributed by atoms with E-state index in [2.05, 4.69) is 26.3 Å². The van der Waals surface area contributed by atoms with E-state index in [1.165, 1.54) is 17.5 Å². The molecule has 2 heterocycles. The summed E-state index contributed by atoms with van der Waals surface area (Å²) in [6.45, 7) is 0. The highest BCUT2D eigenvalue weighted by Gasteiger charge is 2.35. The van der Waals surface area contributed by atoms with Crippen LogP contribution >= 0.6 is 27.3 Å². The van der Waals surface area contributed by atoms with Gasteiger partial charge in [-0.2, -0.15) is 13.2 Å². The van der Waals surface area contributed by atoms with Crippen LogP contribution in [0.15, 0.2) is 34.4 Å². The molecule has 102 valence electrons. The average Bonchev–Trinajstić information content (AvgIpc) is 2.76. The van der Waals surface area contributed by atoms with Crippen LogP contribution in [0, 0.1) is 0 Å². The standard InChI is InChI=1S/C11H9BrF3N3S/c12-9-2-1-8(19-9)10(18-16)6-5-17-4-3-7(6)11(13,14)15/h1-5,10,18H,16H2. The molecule has 2 rings (SSSR count). The molecule has 0 fully saturated rings. The first-order valence-electron chi connectivity index (χ1n) is 5.16. The number of pyridine rings is 1. The first-order valence-corrected chi connectivity index (χ1v) is 6.77. The molecular formula is C11H9BrF3N3S. The minimum absolute atomic E-state index is 0.00634. The van der Waals surface area contributed by atoms with Gasteiger partial charge in [-0.15, -0.1) is 11.3 Å². The lowest BCUT2D eigenvalue weighted by Crippen LogP contribution is -2.30. The first kappa shape index (κ1) is 14.4. The van der Waals surface area contributed by atoms with Gasteiger partial charge >= 0.3 is 6.18 Å². The van der Waals surface area contributed by atoms with Gasteiger partial charge in [0.15, 0.2) is 0 Å². The first-order chi connectivity index (χ1) is 8.93. The second-order valence-electron chi connectivity index (χ2n) is 3.70. The quantitative estimate of drug-likeness (QED) is 0.657. The van der Waals surface area contributed by atoms with E-state index in [0.29, 0.717) is 4.88 Å². The zero-order valence-corrected chi connectivity index (χ0v) is 11.8. The van der Waals surface area contributed by atoms with E-state index in [4.69, 9.17) is 5.84 Å². The molecule has 0 saturated heterocycles. The number of thiophene rings is 1. The fourth-order valence-electron chi connectivity index (χ4n) is 1.70. The topological polar surface area (TPSA) is 50.9 Å². The minimum Gasteiger partial charge on any atom is -0.271 e. The number of aromatic nitrogens is 1. The molecule has 2 aromatic heterocycles. The highest BCUT2D eigenvalue weighted by Crippen LogP contribution is 2.38. The average molecular weight is 352 g/mol. The zero-order valence-electron chi connectivity index (χ0n) is 9.41. The van der Waals surface area contributed by atoms with Crippen molar-refractivity contribution in [1.82, 2.24) is 10.4 Å².